The summed E-state index contributed by atoms with van der Waals surface area (Å²) >= 11 is 0. The third kappa shape index (κ3) is 6.08. The molecular weight excluding hydrogens is 238 g/mol. The van der Waals surface area contributed by atoms with Gasteiger partial charge in [-0.15, -0.1) is 0 Å². The van der Waals surface area contributed by atoms with E-state index in [1.807, 2.05) is 19.1 Å². The Hall–Kier alpha value is -1.06. The molecule has 1 aromatic rings. The molecule has 0 aliphatic rings. The zero-order valence-electron chi connectivity index (χ0n) is 12.4. The molecule has 0 radical (unpaired) electrons. The second-order valence-electron chi connectivity index (χ2n) is 4.54. The Bertz CT molecular complexity index is 324. The fourth-order valence-corrected chi connectivity index (χ4v) is 1.93. The molecule has 19 heavy (non-hydrogen) atoms. The molecule has 1 N–H and O–H groups in total. The van der Waals surface area contributed by atoms with E-state index in [1.54, 1.807) is 0 Å². The average Bonchev–Trinajstić information content (AvgIpc) is 2.44. The molecule has 3 nitrogen and oxygen atoms in total. The van der Waals surface area contributed by atoms with Crippen molar-refractivity contribution < 1.29 is 9.47 Å². The molecule has 108 valence electrons. The quantitative estimate of drug-likeness (QED) is 0.656. The van der Waals surface area contributed by atoms with Gasteiger partial charge in [0, 0.05) is 6.61 Å². The van der Waals surface area contributed by atoms with Crippen molar-refractivity contribution in [3.8, 4) is 5.75 Å². The van der Waals surface area contributed by atoms with E-state index in [0.717, 1.165) is 31.9 Å². The van der Waals surface area contributed by atoms with Crippen molar-refractivity contribution in [3.63, 3.8) is 0 Å². The summed E-state index contributed by atoms with van der Waals surface area (Å²) in [6, 6.07) is 8.53. The van der Waals surface area contributed by atoms with Crippen LogP contribution in [0.2, 0.25) is 0 Å². The normalized spacial score (nSPS) is 12.4. The topological polar surface area (TPSA) is 30.5 Å². The van der Waals surface area contributed by atoms with Gasteiger partial charge < -0.3 is 14.8 Å². The fraction of sp³-hybridized carbons (Fsp3) is 0.625. The SMILES string of the molecule is CCCCOCC(NCC)c1ccc(OCC)cc1. The molecule has 0 saturated heterocycles. The van der Waals surface area contributed by atoms with Gasteiger partial charge in [0.25, 0.3) is 0 Å². The summed E-state index contributed by atoms with van der Waals surface area (Å²) in [4.78, 5) is 0. The first-order valence-corrected chi connectivity index (χ1v) is 7.35. The Labute approximate surface area is 117 Å². The van der Waals surface area contributed by atoms with Crippen molar-refractivity contribution in [1.82, 2.24) is 5.32 Å². The first-order chi connectivity index (χ1) is 9.31. The van der Waals surface area contributed by atoms with Crippen molar-refractivity contribution in [2.75, 3.05) is 26.4 Å². The number of nitrogens with one attached hydrogen (secondary N) is 1. The summed E-state index contributed by atoms with van der Waals surface area (Å²) in [5, 5.41) is 3.46. The van der Waals surface area contributed by atoms with Crippen LogP contribution in [0.15, 0.2) is 24.3 Å². The van der Waals surface area contributed by atoms with Crippen LogP contribution in [-0.4, -0.2) is 26.4 Å². The maximum absolute atomic E-state index is 5.73. The highest BCUT2D eigenvalue weighted by atomic mass is 16.5. The molecule has 0 fully saturated rings. The van der Waals surface area contributed by atoms with Gasteiger partial charge in [0.15, 0.2) is 0 Å². The number of ether oxygens (including phenoxy) is 2. The fourth-order valence-electron chi connectivity index (χ4n) is 1.93. The molecule has 0 saturated carbocycles. The number of unbranched alkanes of at least 4 members (excludes halogenated alkanes) is 1. The largest absolute Gasteiger partial charge is 0.494 e. The van der Waals surface area contributed by atoms with Gasteiger partial charge in [-0.05, 0) is 37.6 Å². The number of hydrogen-bond donors (Lipinski definition) is 1. The molecular formula is C16H27NO2. The van der Waals surface area contributed by atoms with Crippen LogP contribution < -0.4 is 10.1 Å². The van der Waals surface area contributed by atoms with E-state index >= 15 is 0 Å². The first-order valence-electron chi connectivity index (χ1n) is 7.35. The van der Waals surface area contributed by atoms with E-state index in [4.69, 9.17) is 9.47 Å². The van der Waals surface area contributed by atoms with E-state index in [0.29, 0.717) is 6.61 Å². The van der Waals surface area contributed by atoms with Gasteiger partial charge in [-0.3, -0.25) is 0 Å². The minimum Gasteiger partial charge on any atom is -0.494 e. The van der Waals surface area contributed by atoms with Gasteiger partial charge in [-0.1, -0.05) is 32.4 Å². The molecule has 1 aromatic carbocycles. The highest BCUT2D eigenvalue weighted by Gasteiger charge is 2.10. The summed E-state index contributed by atoms with van der Waals surface area (Å²) in [7, 11) is 0. The van der Waals surface area contributed by atoms with Crippen molar-refractivity contribution in [1.29, 1.82) is 0 Å². The highest BCUT2D eigenvalue weighted by molar-refractivity contribution is 5.29. The standard InChI is InChI=1S/C16H27NO2/c1-4-7-12-18-13-16(17-5-2)14-8-10-15(11-9-14)19-6-3/h8-11,16-17H,4-7,12-13H2,1-3H3. The zero-order chi connectivity index (χ0) is 13.9. The van der Waals surface area contributed by atoms with E-state index in [-0.39, 0.29) is 6.04 Å². The first kappa shape index (κ1) is 16.0. The smallest absolute Gasteiger partial charge is 0.119 e. The molecule has 1 unspecified atom stereocenters. The van der Waals surface area contributed by atoms with Crippen molar-refractivity contribution in [2.24, 2.45) is 0 Å². The van der Waals surface area contributed by atoms with Crippen LogP contribution in [0.1, 0.15) is 45.2 Å². The Kier molecular flexibility index (Phi) is 8.26. The molecule has 0 aliphatic carbocycles. The second-order valence-corrected chi connectivity index (χ2v) is 4.54. The molecule has 0 amide bonds. The Morgan fingerprint density at radius 2 is 1.84 bits per heavy atom. The van der Waals surface area contributed by atoms with Crippen molar-refractivity contribution in [3.05, 3.63) is 29.8 Å². The van der Waals surface area contributed by atoms with Crippen LogP contribution in [-0.2, 0) is 4.74 Å². The van der Waals surface area contributed by atoms with Crippen LogP contribution in [0.5, 0.6) is 5.75 Å². The molecule has 0 aliphatic heterocycles. The van der Waals surface area contributed by atoms with Crippen LogP contribution >= 0.6 is 0 Å². The maximum atomic E-state index is 5.73. The van der Waals surface area contributed by atoms with Crippen LogP contribution in [0.4, 0.5) is 0 Å². The van der Waals surface area contributed by atoms with E-state index in [2.05, 4.69) is 31.3 Å². The van der Waals surface area contributed by atoms with Gasteiger partial charge in [0.05, 0.1) is 19.3 Å². The number of rotatable bonds is 10. The lowest BCUT2D eigenvalue weighted by molar-refractivity contribution is 0.109. The third-order valence-electron chi connectivity index (χ3n) is 2.97. The molecule has 0 aromatic heterocycles. The Morgan fingerprint density at radius 3 is 2.42 bits per heavy atom. The monoisotopic (exact) mass is 265 g/mol. The number of benzene rings is 1. The van der Waals surface area contributed by atoms with E-state index in [1.165, 1.54) is 12.0 Å². The molecule has 0 heterocycles. The van der Waals surface area contributed by atoms with Gasteiger partial charge in [0.1, 0.15) is 5.75 Å². The zero-order valence-corrected chi connectivity index (χ0v) is 12.4. The molecule has 1 atom stereocenters. The summed E-state index contributed by atoms with van der Waals surface area (Å²) in [6.07, 6.45) is 2.30. The second kappa shape index (κ2) is 9.82. The lowest BCUT2D eigenvalue weighted by Gasteiger charge is -2.19. The summed E-state index contributed by atoms with van der Waals surface area (Å²) in [6.45, 7) is 9.50. The van der Waals surface area contributed by atoms with Crippen LogP contribution in [0.25, 0.3) is 0 Å². The highest BCUT2D eigenvalue weighted by Crippen LogP contribution is 2.18. The van der Waals surface area contributed by atoms with Gasteiger partial charge in [0.2, 0.25) is 0 Å². The molecule has 3 heteroatoms. The van der Waals surface area contributed by atoms with Crippen LogP contribution in [0.3, 0.4) is 0 Å². The van der Waals surface area contributed by atoms with Gasteiger partial charge in [-0.25, -0.2) is 0 Å². The minimum atomic E-state index is 0.262. The van der Waals surface area contributed by atoms with E-state index < -0.39 is 0 Å². The average molecular weight is 265 g/mol. The molecule has 0 bridgehead atoms. The molecule has 1 rings (SSSR count). The lowest BCUT2D eigenvalue weighted by Crippen LogP contribution is -2.25. The van der Waals surface area contributed by atoms with Gasteiger partial charge >= 0.3 is 0 Å². The van der Waals surface area contributed by atoms with Crippen LogP contribution in [0, 0.1) is 0 Å². The summed E-state index contributed by atoms with van der Waals surface area (Å²) in [5.41, 5.74) is 1.25. The summed E-state index contributed by atoms with van der Waals surface area (Å²) < 4.78 is 11.2. The minimum absolute atomic E-state index is 0.262. The van der Waals surface area contributed by atoms with Crippen molar-refractivity contribution >= 4 is 0 Å². The van der Waals surface area contributed by atoms with Crippen molar-refractivity contribution in [2.45, 2.75) is 39.7 Å². The summed E-state index contributed by atoms with van der Waals surface area (Å²) in [5.74, 6) is 0.924. The number of likely N-dealkylation sites (N-methyl/N-ethyl adjacent to an activating group) is 1. The number of hydrogen-bond acceptors (Lipinski definition) is 3. The van der Waals surface area contributed by atoms with Gasteiger partial charge in [-0.2, -0.15) is 0 Å². The Balaban J connectivity index is 2.53. The lowest BCUT2D eigenvalue weighted by atomic mass is 10.1. The maximum Gasteiger partial charge on any atom is 0.119 e. The Morgan fingerprint density at radius 1 is 1.11 bits per heavy atom. The van der Waals surface area contributed by atoms with E-state index in [9.17, 15) is 0 Å². The predicted octanol–water partition coefficient (Wildman–Crippen LogP) is 3.55. The molecule has 0 spiro atoms. The predicted molar refractivity (Wildman–Crippen MR) is 79.8 cm³/mol. The third-order valence-corrected chi connectivity index (χ3v) is 2.97.